The number of allylic oxidation sites excluding steroid dienone is 1. The Kier molecular flexibility index (Phi) is 20.3. The molecule has 0 spiro atoms. The second-order valence-corrected chi connectivity index (χ2v) is 8.41. The van der Waals surface area contributed by atoms with Gasteiger partial charge in [-0.3, -0.25) is 4.79 Å². The summed E-state index contributed by atoms with van der Waals surface area (Å²) in [6.07, 6.45) is 24.1. The van der Waals surface area contributed by atoms with Gasteiger partial charge >= 0.3 is 0 Å². The SMILES string of the molecule is CCCCCCCCCCCC/C=C/[C@@H](O)[C@H](C)NC(=O)CCCCCCC. The molecule has 2 atom stereocenters. The van der Waals surface area contributed by atoms with Crippen LogP contribution in [-0.2, 0) is 4.79 Å². The number of unbranched alkanes of at least 4 members (excludes halogenated alkanes) is 14. The Morgan fingerprint density at radius 3 is 1.79 bits per heavy atom. The third-order valence-electron chi connectivity index (χ3n) is 5.47. The smallest absolute Gasteiger partial charge is 0.220 e. The number of carbonyl (C=O) groups is 1. The Bertz CT molecular complexity index is 368. The summed E-state index contributed by atoms with van der Waals surface area (Å²) in [5.74, 6) is 0.0612. The highest BCUT2D eigenvalue weighted by atomic mass is 16.3. The molecule has 0 saturated carbocycles. The highest BCUT2D eigenvalue weighted by molar-refractivity contribution is 5.76. The molecule has 0 rings (SSSR count). The molecule has 0 aliphatic rings. The fourth-order valence-corrected chi connectivity index (χ4v) is 3.45. The first-order chi connectivity index (χ1) is 13.6. The van der Waals surface area contributed by atoms with Gasteiger partial charge in [-0.25, -0.2) is 0 Å². The Labute approximate surface area is 175 Å². The van der Waals surface area contributed by atoms with Crippen LogP contribution in [-0.4, -0.2) is 23.2 Å². The van der Waals surface area contributed by atoms with Crippen molar-refractivity contribution in [2.75, 3.05) is 0 Å². The summed E-state index contributed by atoms with van der Waals surface area (Å²) in [4.78, 5) is 11.9. The third-order valence-corrected chi connectivity index (χ3v) is 5.47. The van der Waals surface area contributed by atoms with Crippen LogP contribution in [0.25, 0.3) is 0 Å². The summed E-state index contributed by atoms with van der Waals surface area (Å²) in [6.45, 7) is 6.34. The molecule has 166 valence electrons. The quantitative estimate of drug-likeness (QED) is 0.171. The van der Waals surface area contributed by atoms with Gasteiger partial charge in [-0.1, -0.05) is 109 Å². The fourth-order valence-electron chi connectivity index (χ4n) is 3.45. The van der Waals surface area contributed by atoms with Crippen molar-refractivity contribution in [1.82, 2.24) is 5.32 Å². The molecular formula is C25H49NO2. The zero-order valence-corrected chi connectivity index (χ0v) is 19.2. The van der Waals surface area contributed by atoms with Crippen molar-refractivity contribution in [3.63, 3.8) is 0 Å². The molecule has 0 aliphatic carbocycles. The molecule has 0 heterocycles. The normalized spacial score (nSPS) is 13.7. The number of hydrogen-bond acceptors (Lipinski definition) is 2. The van der Waals surface area contributed by atoms with Crippen molar-refractivity contribution in [3.8, 4) is 0 Å². The minimum atomic E-state index is -0.591. The number of carbonyl (C=O) groups excluding carboxylic acids is 1. The van der Waals surface area contributed by atoms with E-state index in [1.807, 2.05) is 13.0 Å². The van der Waals surface area contributed by atoms with Crippen LogP contribution in [0.4, 0.5) is 0 Å². The van der Waals surface area contributed by atoms with Crippen molar-refractivity contribution in [1.29, 1.82) is 0 Å². The van der Waals surface area contributed by atoms with Crippen LogP contribution in [0.1, 0.15) is 130 Å². The van der Waals surface area contributed by atoms with Gasteiger partial charge in [0, 0.05) is 6.42 Å². The topological polar surface area (TPSA) is 49.3 Å². The standard InChI is InChI=1S/C25H49NO2/c1-4-6-8-10-11-12-13-14-15-16-18-19-21-24(27)23(3)26-25(28)22-20-17-9-7-5-2/h19,21,23-24,27H,4-18,20,22H2,1-3H3,(H,26,28)/b21-19+/t23-,24+/m0/s1. The summed E-state index contributed by atoms with van der Waals surface area (Å²) >= 11 is 0. The van der Waals surface area contributed by atoms with E-state index >= 15 is 0 Å². The summed E-state index contributed by atoms with van der Waals surface area (Å²) in [7, 11) is 0. The predicted molar refractivity (Wildman–Crippen MR) is 123 cm³/mol. The van der Waals surface area contributed by atoms with Crippen LogP contribution in [0.3, 0.4) is 0 Å². The maximum absolute atomic E-state index is 11.9. The van der Waals surface area contributed by atoms with Gasteiger partial charge in [-0.2, -0.15) is 0 Å². The lowest BCUT2D eigenvalue weighted by atomic mass is 10.1. The van der Waals surface area contributed by atoms with Crippen LogP contribution in [0.5, 0.6) is 0 Å². The van der Waals surface area contributed by atoms with Gasteiger partial charge in [0.1, 0.15) is 0 Å². The molecule has 3 nitrogen and oxygen atoms in total. The van der Waals surface area contributed by atoms with E-state index < -0.39 is 6.10 Å². The second-order valence-electron chi connectivity index (χ2n) is 8.41. The highest BCUT2D eigenvalue weighted by Gasteiger charge is 2.13. The maximum atomic E-state index is 11.9. The Balaban J connectivity index is 3.57. The van der Waals surface area contributed by atoms with Crippen LogP contribution in [0, 0.1) is 0 Å². The van der Waals surface area contributed by atoms with E-state index in [2.05, 4.69) is 25.2 Å². The molecule has 0 aromatic heterocycles. The highest BCUT2D eigenvalue weighted by Crippen LogP contribution is 2.11. The summed E-state index contributed by atoms with van der Waals surface area (Å²) < 4.78 is 0. The van der Waals surface area contributed by atoms with Crippen molar-refractivity contribution >= 4 is 5.91 Å². The maximum Gasteiger partial charge on any atom is 0.220 e. The van der Waals surface area contributed by atoms with E-state index in [0.29, 0.717) is 6.42 Å². The van der Waals surface area contributed by atoms with Gasteiger partial charge in [0.2, 0.25) is 5.91 Å². The molecule has 1 amide bonds. The molecule has 0 fully saturated rings. The average Bonchev–Trinajstić information content (AvgIpc) is 2.68. The lowest BCUT2D eigenvalue weighted by Gasteiger charge is -2.17. The minimum absolute atomic E-state index is 0.0612. The van der Waals surface area contributed by atoms with E-state index in [0.717, 1.165) is 19.3 Å². The molecule has 0 aliphatic heterocycles. The predicted octanol–water partition coefficient (Wildman–Crippen LogP) is 7.08. The molecule has 0 aromatic carbocycles. The summed E-state index contributed by atoms with van der Waals surface area (Å²) in [6, 6.07) is -0.216. The molecule has 0 bridgehead atoms. The number of aliphatic hydroxyl groups excluding tert-OH is 1. The van der Waals surface area contributed by atoms with Gasteiger partial charge < -0.3 is 10.4 Å². The van der Waals surface area contributed by atoms with Gasteiger partial charge in [0.25, 0.3) is 0 Å². The van der Waals surface area contributed by atoms with E-state index in [1.54, 1.807) is 0 Å². The first-order valence-corrected chi connectivity index (χ1v) is 12.3. The molecule has 0 radical (unpaired) electrons. The number of rotatable bonds is 20. The Morgan fingerprint density at radius 1 is 0.786 bits per heavy atom. The monoisotopic (exact) mass is 395 g/mol. The zero-order valence-electron chi connectivity index (χ0n) is 19.2. The first kappa shape index (κ1) is 27.2. The lowest BCUT2D eigenvalue weighted by molar-refractivity contribution is -0.122. The van der Waals surface area contributed by atoms with Gasteiger partial charge in [0.05, 0.1) is 12.1 Å². The molecule has 2 N–H and O–H groups in total. The summed E-state index contributed by atoms with van der Waals surface area (Å²) in [5, 5.41) is 13.1. The molecule has 3 heteroatoms. The molecule has 0 unspecified atom stereocenters. The lowest BCUT2D eigenvalue weighted by Crippen LogP contribution is -2.40. The van der Waals surface area contributed by atoms with Crippen molar-refractivity contribution in [3.05, 3.63) is 12.2 Å². The second kappa shape index (κ2) is 20.9. The van der Waals surface area contributed by atoms with Crippen LogP contribution < -0.4 is 5.32 Å². The van der Waals surface area contributed by atoms with Gasteiger partial charge in [0.15, 0.2) is 0 Å². The van der Waals surface area contributed by atoms with E-state index in [1.165, 1.54) is 83.5 Å². The third kappa shape index (κ3) is 18.5. The van der Waals surface area contributed by atoms with Crippen LogP contribution in [0.2, 0.25) is 0 Å². The Hall–Kier alpha value is -0.830. The Morgan fingerprint density at radius 2 is 1.25 bits per heavy atom. The van der Waals surface area contributed by atoms with Gasteiger partial charge in [-0.05, 0) is 26.2 Å². The largest absolute Gasteiger partial charge is 0.387 e. The molecular weight excluding hydrogens is 346 g/mol. The zero-order chi connectivity index (χ0) is 20.9. The first-order valence-electron chi connectivity index (χ1n) is 12.3. The number of aliphatic hydroxyl groups is 1. The minimum Gasteiger partial charge on any atom is -0.387 e. The number of amides is 1. The summed E-state index contributed by atoms with van der Waals surface area (Å²) in [5.41, 5.74) is 0. The van der Waals surface area contributed by atoms with Crippen LogP contribution in [0.15, 0.2) is 12.2 Å². The number of nitrogens with one attached hydrogen (secondary N) is 1. The van der Waals surface area contributed by atoms with E-state index in [4.69, 9.17) is 0 Å². The molecule has 0 aromatic rings. The van der Waals surface area contributed by atoms with Crippen LogP contribution >= 0.6 is 0 Å². The van der Waals surface area contributed by atoms with Crippen molar-refractivity contribution < 1.29 is 9.90 Å². The van der Waals surface area contributed by atoms with E-state index in [-0.39, 0.29) is 11.9 Å². The average molecular weight is 396 g/mol. The molecule has 0 saturated heterocycles. The fraction of sp³-hybridized carbons (Fsp3) is 0.880. The van der Waals surface area contributed by atoms with Gasteiger partial charge in [-0.15, -0.1) is 0 Å². The number of hydrogen-bond donors (Lipinski definition) is 2. The van der Waals surface area contributed by atoms with E-state index in [9.17, 15) is 9.90 Å². The van der Waals surface area contributed by atoms with Crippen molar-refractivity contribution in [2.45, 2.75) is 142 Å². The van der Waals surface area contributed by atoms with Crippen molar-refractivity contribution in [2.24, 2.45) is 0 Å². The molecule has 28 heavy (non-hydrogen) atoms.